The van der Waals surface area contributed by atoms with E-state index in [-0.39, 0.29) is 17.9 Å². The monoisotopic (exact) mass is 245 g/mol. The summed E-state index contributed by atoms with van der Waals surface area (Å²) in [4.78, 5) is 23.8. The number of amides is 1. The number of esters is 1. The summed E-state index contributed by atoms with van der Waals surface area (Å²) in [6.45, 7) is 0. The molecule has 0 bridgehead atoms. The van der Waals surface area contributed by atoms with E-state index in [0.717, 1.165) is 11.1 Å². The van der Waals surface area contributed by atoms with Crippen LogP contribution in [0.5, 0.6) is 0 Å². The SMILES string of the molecule is COC(=O)C12CCC(=O)NC1c1ccccc1C2. The van der Waals surface area contributed by atoms with E-state index in [1.165, 1.54) is 7.11 Å². The van der Waals surface area contributed by atoms with Gasteiger partial charge in [-0.1, -0.05) is 24.3 Å². The van der Waals surface area contributed by atoms with Gasteiger partial charge in [0.15, 0.2) is 0 Å². The van der Waals surface area contributed by atoms with Gasteiger partial charge in [-0.15, -0.1) is 0 Å². The first-order valence-corrected chi connectivity index (χ1v) is 6.13. The summed E-state index contributed by atoms with van der Waals surface area (Å²) in [5, 5.41) is 2.95. The van der Waals surface area contributed by atoms with Crippen LogP contribution in [-0.4, -0.2) is 19.0 Å². The number of ether oxygens (including phenoxy) is 1. The van der Waals surface area contributed by atoms with Gasteiger partial charge < -0.3 is 10.1 Å². The number of piperidine rings is 1. The summed E-state index contributed by atoms with van der Waals surface area (Å²) < 4.78 is 4.97. The van der Waals surface area contributed by atoms with Crippen LogP contribution in [0.25, 0.3) is 0 Å². The predicted octanol–water partition coefficient (Wildman–Crippen LogP) is 1.35. The number of hydrogen-bond acceptors (Lipinski definition) is 3. The van der Waals surface area contributed by atoms with E-state index in [9.17, 15) is 9.59 Å². The molecule has 0 spiro atoms. The fraction of sp³-hybridized carbons (Fsp3) is 0.429. The Kier molecular flexibility index (Phi) is 2.40. The molecular weight excluding hydrogens is 230 g/mol. The Labute approximate surface area is 105 Å². The third kappa shape index (κ3) is 1.38. The normalized spacial score (nSPS) is 29.2. The predicted molar refractivity (Wildman–Crippen MR) is 64.7 cm³/mol. The summed E-state index contributed by atoms with van der Waals surface area (Å²) >= 11 is 0. The lowest BCUT2D eigenvalue weighted by molar-refractivity contribution is -0.157. The standard InChI is InChI=1S/C14H15NO3/c1-18-13(17)14-7-6-11(16)15-12(14)10-5-3-2-4-9(10)8-14/h2-5,12H,6-8H2,1H3,(H,15,16). The lowest BCUT2D eigenvalue weighted by Gasteiger charge is -2.37. The molecular formula is C14H15NO3. The van der Waals surface area contributed by atoms with Crippen LogP contribution < -0.4 is 5.32 Å². The molecule has 1 aromatic carbocycles. The summed E-state index contributed by atoms with van der Waals surface area (Å²) in [6, 6.07) is 7.67. The molecule has 2 atom stereocenters. The zero-order valence-electron chi connectivity index (χ0n) is 10.2. The molecule has 0 saturated carbocycles. The van der Waals surface area contributed by atoms with Crippen molar-refractivity contribution in [2.75, 3.05) is 7.11 Å². The highest BCUT2D eigenvalue weighted by molar-refractivity contribution is 5.86. The van der Waals surface area contributed by atoms with Gasteiger partial charge in [-0.3, -0.25) is 9.59 Å². The van der Waals surface area contributed by atoms with E-state index < -0.39 is 5.41 Å². The van der Waals surface area contributed by atoms with Crippen molar-refractivity contribution in [1.82, 2.24) is 5.32 Å². The zero-order valence-corrected chi connectivity index (χ0v) is 10.2. The van der Waals surface area contributed by atoms with Crippen molar-refractivity contribution < 1.29 is 14.3 Å². The fourth-order valence-corrected chi connectivity index (χ4v) is 3.23. The van der Waals surface area contributed by atoms with Crippen molar-refractivity contribution in [2.24, 2.45) is 5.41 Å². The highest BCUT2D eigenvalue weighted by Gasteiger charge is 2.55. The van der Waals surface area contributed by atoms with Gasteiger partial charge in [0.1, 0.15) is 0 Å². The molecule has 2 aliphatic rings. The summed E-state index contributed by atoms with van der Waals surface area (Å²) in [5.41, 5.74) is 1.58. The molecule has 1 amide bonds. The van der Waals surface area contributed by atoms with Gasteiger partial charge in [0.25, 0.3) is 0 Å². The van der Waals surface area contributed by atoms with Gasteiger partial charge in [-0.05, 0) is 24.0 Å². The van der Waals surface area contributed by atoms with Crippen LogP contribution in [0.3, 0.4) is 0 Å². The van der Waals surface area contributed by atoms with Crippen LogP contribution in [0.2, 0.25) is 0 Å². The van der Waals surface area contributed by atoms with E-state index in [2.05, 4.69) is 5.32 Å². The lowest BCUT2D eigenvalue weighted by Crippen LogP contribution is -2.49. The van der Waals surface area contributed by atoms with Crippen molar-refractivity contribution in [3.8, 4) is 0 Å². The quantitative estimate of drug-likeness (QED) is 0.760. The average molecular weight is 245 g/mol. The number of rotatable bonds is 1. The molecule has 3 rings (SSSR count). The smallest absolute Gasteiger partial charge is 0.314 e. The second-order valence-corrected chi connectivity index (χ2v) is 5.02. The Hall–Kier alpha value is -1.84. The second kappa shape index (κ2) is 3.83. The number of hydrogen-bond donors (Lipinski definition) is 1. The Morgan fingerprint density at radius 1 is 1.44 bits per heavy atom. The van der Waals surface area contributed by atoms with E-state index in [1.807, 2.05) is 24.3 Å². The Morgan fingerprint density at radius 2 is 2.22 bits per heavy atom. The highest BCUT2D eigenvalue weighted by atomic mass is 16.5. The molecule has 4 nitrogen and oxygen atoms in total. The minimum absolute atomic E-state index is 0.0104. The molecule has 18 heavy (non-hydrogen) atoms. The van der Waals surface area contributed by atoms with Crippen LogP contribution in [-0.2, 0) is 20.7 Å². The van der Waals surface area contributed by atoms with Gasteiger partial charge >= 0.3 is 5.97 Å². The number of nitrogens with one attached hydrogen (secondary N) is 1. The molecule has 1 heterocycles. The Bertz CT molecular complexity index is 526. The summed E-state index contributed by atoms with van der Waals surface area (Å²) in [5.74, 6) is -0.208. The van der Waals surface area contributed by atoms with E-state index in [4.69, 9.17) is 4.74 Å². The fourth-order valence-electron chi connectivity index (χ4n) is 3.23. The third-order valence-corrected chi connectivity index (χ3v) is 4.12. The first-order chi connectivity index (χ1) is 8.67. The molecule has 0 radical (unpaired) electrons. The third-order valence-electron chi connectivity index (χ3n) is 4.12. The van der Waals surface area contributed by atoms with Gasteiger partial charge in [-0.2, -0.15) is 0 Å². The molecule has 1 N–H and O–H groups in total. The summed E-state index contributed by atoms with van der Waals surface area (Å²) in [6.07, 6.45) is 1.60. The van der Waals surface area contributed by atoms with Gasteiger partial charge in [-0.25, -0.2) is 0 Å². The average Bonchev–Trinajstić information content (AvgIpc) is 2.73. The van der Waals surface area contributed by atoms with Gasteiger partial charge in [0.2, 0.25) is 5.91 Å². The first-order valence-electron chi connectivity index (χ1n) is 6.13. The molecule has 1 aliphatic carbocycles. The van der Waals surface area contributed by atoms with Crippen LogP contribution in [0.4, 0.5) is 0 Å². The van der Waals surface area contributed by atoms with Crippen molar-refractivity contribution in [3.63, 3.8) is 0 Å². The molecule has 1 fully saturated rings. The number of benzene rings is 1. The van der Waals surface area contributed by atoms with Crippen molar-refractivity contribution in [3.05, 3.63) is 35.4 Å². The maximum absolute atomic E-state index is 12.2. The maximum atomic E-state index is 12.2. The van der Waals surface area contributed by atoms with Crippen LogP contribution in [0.1, 0.15) is 30.0 Å². The molecule has 2 unspecified atom stereocenters. The molecule has 0 aromatic heterocycles. The van der Waals surface area contributed by atoms with Crippen molar-refractivity contribution >= 4 is 11.9 Å². The minimum Gasteiger partial charge on any atom is -0.469 e. The van der Waals surface area contributed by atoms with E-state index in [1.54, 1.807) is 0 Å². The molecule has 94 valence electrons. The van der Waals surface area contributed by atoms with Crippen LogP contribution >= 0.6 is 0 Å². The van der Waals surface area contributed by atoms with Crippen molar-refractivity contribution in [2.45, 2.75) is 25.3 Å². The summed E-state index contributed by atoms with van der Waals surface area (Å²) in [7, 11) is 1.41. The van der Waals surface area contributed by atoms with Crippen LogP contribution in [0, 0.1) is 5.41 Å². The van der Waals surface area contributed by atoms with Gasteiger partial charge in [0, 0.05) is 6.42 Å². The number of methoxy groups -OCH3 is 1. The Morgan fingerprint density at radius 3 is 3.00 bits per heavy atom. The number of fused-ring (bicyclic) bond motifs is 3. The topological polar surface area (TPSA) is 55.4 Å². The second-order valence-electron chi connectivity index (χ2n) is 5.02. The molecule has 4 heteroatoms. The lowest BCUT2D eigenvalue weighted by atomic mass is 9.74. The number of carbonyl (C=O) groups is 2. The minimum atomic E-state index is -0.605. The maximum Gasteiger partial charge on any atom is 0.314 e. The van der Waals surface area contributed by atoms with E-state index in [0.29, 0.717) is 19.3 Å². The largest absolute Gasteiger partial charge is 0.469 e. The van der Waals surface area contributed by atoms with Gasteiger partial charge in [0.05, 0.1) is 18.6 Å². The molecule has 1 saturated heterocycles. The number of carbonyl (C=O) groups excluding carboxylic acids is 2. The van der Waals surface area contributed by atoms with Crippen LogP contribution in [0.15, 0.2) is 24.3 Å². The molecule has 1 aliphatic heterocycles. The van der Waals surface area contributed by atoms with E-state index >= 15 is 0 Å². The Balaban J connectivity index is 2.09. The highest BCUT2D eigenvalue weighted by Crippen LogP contribution is 2.51. The molecule has 1 aromatic rings. The van der Waals surface area contributed by atoms with Crippen molar-refractivity contribution in [1.29, 1.82) is 0 Å². The zero-order chi connectivity index (χ0) is 12.8. The first kappa shape index (κ1) is 11.3.